The summed E-state index contributed by atoms with van der Waals surface area (Å²) in [6, 6.07) is 7.39. The molecule has 2 N–H and O–H groups in total. The van der Waals surface area contributed by atoms with Gasteiger partial charge >= 0.3 is 11.9 Å². The summed E-state index contributed by atoms with van der Waals surface area (Å²) in [6.45, 7) is 2.21. The maximum atomic E-state index is 12.2. The van der Waals surface area contributed by atoms with E-state index >= 15 is 0 Å². The van der Waals surface area contributed by atoms with Crippen LogP contribution in [0.2, 0.25) is 0 Å². The molecule has 2 rings (SSSR count). The number of aliphatic hydroxyl groups is 1. The predicted molar refractivity (Wildman–Crippen MR) is 80.8 cm³/mol. The van der Waals surface area contributed by atoms with Crippen LogP contribution in [0.4, 0.5) is 0 Å². The third-order valence-electron chi connectivity index (χ3n) is 3.43. The van der Waals surface area contributed by atoms with Crippen LogP contribution in [0.1, 0.15) is 24.2 Å². The van der Waals surface area contributed by atoms with Crippen molar-refractivity contribution in [2.75, 3.05) is 6.61 Å². The van der Waals surface area contributed by atoms with Crippen molar-refractivity contribution in [1.29, 1.82) is 0 Å². The number of carbonyl (C=O) groups excluding carboxylic acids is 3. The van der Waals surface area contributed by atoms with E-state index in [4.69, 9.17) is 14.2 Å². The summed E-state index contributed by atoms with van der Waals surface area (Å²) in [4.78, 5) is 34.5. The van der Waals surface area contributed by atoms with Crippen LogP contribution in [-0.4, -0.2) is 54.1 Å². The summed E-state index contributed by atoms with van der Waals surface area (Å²) in [7, 11) is 0. The van der Waals surface area contributed by atoms with Crippen LogP contribution < -0.4 is 5.32 Å². The van der Waals surface area contributed by atoms with Crippen molar-refractivity contribution in [2.24, 2.45) is 0 Å². The minimum atomic E-state index is -1.40. The van der Waals surface area contributed by atoms with Gasteiger partial charge in [-0.2, -0.15) is 0 Å². The van der Waals surface area contributed by atoms with Crippen LogP contribution in [0.3, 0.4) is 0 Å². The van der Waals surface area contributed by atoms with Crippen LogP contribution >= 0.6 is 0 Å². The number of benzene rings is 1. The van der Waals surface area contributed by atoms with Gasteiger partial charge < -0.3 is 24.6 Å². The Hall–Kier alpha value is -2.45. The van der Waals surface area contributed by atoms with Gasteiger partial charge in [0.15, 0.2) is 12.4 Å². The van der Waals surface area contributed by atoms with Crippen LogP contribution in [0.25, 0.3) is 0 Å². The third kappa shape index (κ3) is 4.53. The lowest BCUT2D eigenvalue weighted by Crippen LogP contribution is -2.49. The number of nitrogens with one attached hydrogen (secondary N) is 1. The second-order valence-electron chi connectivity index (χ2n) is 5.31. The number of esters is 2. The van der Waals surface area contributed by atoms with Gasteiger partial charge in [0.05, 0.1) is 0 Å². The average molecular weight is 337 g/mol. The molecule has 0 aliphatic carbocycles. The van der Waals surface area contributed by atoms with Crippen LogP contribution in [0.5, 0.6) is 0 Å². The summed E-state index contributed by atoms with van der Waals surface area (Å²) in [5, 5.41) is 12.6. The van der Waals surface area contributed by atoms with Crippen molar-refractivity contribution in [2.45, 2.75) is 38.4 Å². The highest BCUT2D eigenvalue weighted by Gasteiger charge is 2.47. The lowest BCUT2D eigenvalue weighted by molar-refractivity contribution is -0.159. The first-order chi connectivity index (χ1) is 11.4. The number of carbonyl (C=O) groups is 3. The maximum Gasteiger partial charge on any atom is 0.303 e. The molecule has 4 atom stereocenters. The normalized spacial score (nSPS) is 25.8. The SMILES string of the molecule is CC(=O)OC[C@H]1O[C@H](O)[C@H](NC(=O)c2ccccc2)[C@H]1OC(C)=O. The van der Waals surface area contributed by atoms with Gasteiger partial charge in [0, 0.05) is 19.4 Å². The van der Waals surface area contributed by atoms with E-state index in [9.17, 15) is 19.5 Å². The molecule has 8 heteroatoms. The van der Waals surface area contributed by atoms with Gasteiger partial charge in [-0.25, -0.2) is 0 Å². The second-order valence-corrected chi connectivity index (χ2v) is 5.31. The number of ether oxygens (including phenoxy) is 3. The predicted octanol–water partition coefficient (Wildman–Crippen LogP) is -0.00300. The highest BCUT2D eigenvalue weighted by atomic mass is 16.7. The van der Waals surface area contributed by atoms with E-state index in [-0.39, 0.29) is 6.61 Å². The quantitative estimate of drug-likeness (QED) is 0.727. The third-order valence-corrected chi connectivity index (χ3v) is 3.43. The Labute approximate surface area is 138 Å². The highest BCUT2D eigenvalue weighted by Crippen LogP contribution is 2.24. The molecule has 1 aromatic carbocycles. The average Bonchev–Trinajstić information content (AvgIpc) is 2.81. The van der Waals surface area contributed by atoms with Gasteiger partial charge in [-0.05, 0) is 12.1 Å². The molecule has 0 radical (unpaired) electrons. The Kier molecular flexibility index (Phi) is 5.88. The lowest BCUT2D eigenvalue weighted by atomic mass is 10.1. The molecular weight excluding hydrogens is 318 g/mol. The van der Waals surface area contributed by atoms with Crippen molar-refractivity contribution < 1.29 is 33.7 Å². The first-order valence-corrected chi connectivity index (χ1v) is 7.38. The standard InChI is InChI=1S/C16H19NO7/c1-9(18)22-8-12-14(23-10(2)19)13(16(21)24-12)17-15(20)11-6-4-3-5-7-11/h3-7,12-14,16,21H,8H2,1-2H3,(H,17,20)/t12-,13-,14+,16+/m1/s1. The molecule has 0 bridgehead atoms. The lowest BCUT2D eigenvalue weighted by Gasteiger charge is -2.23. The Morgan fingerprint density at radius 3 is 2.42 bits per heavy atom. The van der Waals surface area contributed by atoms with Crippen LogP contribution in [-0.2, 0) is 23.8 Å². The molecule has 24 heavy (non-hydrogen) atoms. The summed E-state index contributed by atoms with van der Waals surface area (Å²) in [6.07, 6.45) is -3.26. The zero-order chi connectivity index (χ0) is 17.7. The molecule has 0 unspecified atom stereocenters. The van der Waals surface area contributed by atoms with Crippen molar-refractivity contribution in [1.82, 2.24) is 5.32 Å². The molecule has 0 aromatic heterocycles. The molecule has 1 aromatic rings. The monoisotopic (exact) mass is 337 g/mol. The van der Waals surface area contributed by atoms with Crippen LogP contribution in [0, 0.1) is 0 Å². The van der Waals surface area contributed by atoms with Crippen molar-refractivity contribution >= 4 is 17.8 Å². The molecular formula is C16H19NO7. The molecule has 1 fully saturated rings. The summed E-state index contributed by atoms with van der Waals surface area (Å²) >= 11 is 0. The van der Waals surface area contributed by atoms with E-state index < -0.39 is 42.4 Å². The van der Waals surface area contributed by atoms with E-state index in [2.05, 4.69) is 5.32 Å². The number of aliphatic hydroxyl groups excluding tert-OH is 1. The summed E-state index contributed by atoms with van der Waals surface area (Å²) in [5.41, 5.74) is 0.384. The molecule has 1 aliphatic heterocycles. The molecule has 0 saturated carbocycles. The van der Waals surface area contributed by atoms with E-state index in [1.54, 1.807) is 30.3 Å². The Balaban J connectivity index is 2.11. The first-order valence-electron chi connectivity index (χ1n) is 7.38. The molecule has 130 valence electrons. The number of hydrogen-bond donors (Lipinski definition) is 2. The molecule has 1 aliphatic rings. The van der Waals surface area contributed by atoms with Gasteiger partial charge in [0.2, 0.25) is 0 Å². The zero-order valence-corrected chi connectivity index (χ0v) is 13.3. The summed E-state index contributed by atoms with van der Waals surface area (Å²) < 4.78 is 15.3. The minimum absolute atomic E-state index is 0.206. The Morgan fingerprint density at radius 1 is 1.17 bits per heavy atom. The molecule has 1 saturated heterocycles. The van der Waals surface area contributed by atoms with Crippen molar-refractivity contribution in [3.05, 3.63) is 35.9 Å². The molecule has 0 spiro atoms. The fourth-order valence-corrected chi connectivity index (χ4v) is 2.39. The summed E-state index contributed by atoms with van der Waals surface area (Å²) in [5.74, 6) is -1.59. The number of rotatable bonds is 5. The van der Waals surface area contributed by atoms with Crippen LogP contribution in [0.15, 0.2) is 30.3 Å². The molecule has 1 amide bonds. The zero-order valence-electron chi connectivity index (χ0n) is 13.3. The fourth-order valence-electron chi connectivity index (χ4n) is 2.39. The fraction of sp³-hybridized carbons (Fsp3) is 0.438. The van der Waals surface area contributed by atoms with E-state index in [1.165, 1.54) is 13.8 Å². The minimum Gasteiger partial charge on any atom is -0.463 e. The second kappa shape index (κ2) is 7.89. The molecule has 1 heterocycles. The van der Waals surface area contributed by atoms with Gasteiger partial charge in [-0.15, -0.1) is 0 Å². The Morgan fingerprint density at radius 2 is 1.83 bits per heavy atom. The van der Waals surface area contributed by atoms with Gasteiger partial charge in [-0.1, -0.05) is 18.2 Å². The van der Waals surface area contributed by atoms with E-state index in [0.29, 0.717) is 5.56 Å². The van der Waals surface area contributed by atoms with Gasteiger partial charge in [0.1, 0.15) is 18.8 Å². The number of amides is 1. The number of hydrogen-bond acceptors (Lipinski definition) is 7. The van der Waals surface area contributed by atoms with Crippen molar-refractivity contribution in [3.8, 4) is 0 Å². The van der Waals surface area contributed by atoms with Gasteiger partial charge in [0.25, 0.3) is 5.91 Å². The van der Waals surface area contributed by atoms with Crippen molar-refractivity contribution in [3.63, 3.8) is 0 Å². The largest absolute Gasteiger partial charge is 0.463 e. The topological polar surface area (TPSA) is 111 Å². The first kappa shape index (κ1) is 17.9. The van der Waals surface area contributed by atoms with E-state index in [1.807, 2.05) is 0 Å². The maximum absolute atomic E-state index is 12.2. The Bertz CT molecular complexity index is 604. The highest BCUT2D eigenvalue weighted by molar-refractivity contribution is 5.94. The van der Waals surface area contributed by atoms with Gasteiger partial charge in [-0.3, -0.25) is 14.4 Å². The molecule has 8 nitrogen and oxygen atoms in total. The van der Waals surface area contributed by atoms with E-state index in [0.717, 1.165) is 0 Å². The smallest absolute Gasteiger partial charge is 0.303 e.